The van der Waals surface area contributed by atoms with Crippen LogP contribution in [0.1, 0.15) is 12.0 Å². The molecule has 0 bridgehead atoms. The third kappa shape index (κ3) is 4.60. The highest BCUT2D eigenvalue weighted by atomic mass is 32.2. The zero-order valence-electron chi connectivity index (χ0n) is 14.3. The highest BCUT2D eigenvalue weighted by Crippen LogP contribution is 2.25. The van der Waals surface area contributed by atoms with Crippen molar-refractivity contribution >= 4 is 33.0 Å². The molecule has 3 rings (SSSR count). The number of hydrogen-bond acceptors (Lipinski definition) is 6. The van der Waals surface area contributed by atoms with Crippen LogP contribution in [0, 0.1) is 10.1 Å². The molecule has 2 aromatic carbocycles. The molecule has 1 heterocycles. The van der Waals surface area contributed by atoms with E-state index in [-0.39, 0.29) is 23.0 Å². The van der Waals surface area contributed by atoms with Crippen molar-refractivity contribution in [3.63, 3.8) is 0 Å². The zero-order valence-corrected chi connectivity index (χ0v) is 15.1. The minimum absolute atomic E-state index is 0.00940. The maximum atomic E-state index is 12.4. The molecule has 0 atom stereocenters. The molecule has 10 heteroatoms. The number of fused-ring (bicyclic) bond motifs is 1. The number of carbonyl (C=O) groups is 1. The van der Waals surface area contributed by atoms with Crippen LogP contribution < -0.4 is 15.4 Å². The van der Waals surface area contributed by atoms with E-state index in [1.807, 2.05) is 0 Å². The summed E-state index contributed by atoms with van der Waals surface area (Å²) in [7, 11) is -3.67. The van der Waals surface area contributed by atoms with E-state index in [0.717, 1.165) is 5.56 Å². The predicted octanol–water partition coefficient (Wildman–Crippen LogP) is 1.87. The molecule has 0 radical (unpaired) electrons. The van der Waals surface area contributed by atoms with E-state index in [1.165, 1.54) is 18.2 Å². The topological polar surface area (TPSA) is 130 Å². The van der Waals surface area contributed by atoms with Gasteiger partial charge in [-0.3, -0.25) is 14.9 Å². The van der Waals surface area contributed by atoms with Gasteiger partial charge in [-0.1, -0.05) is 0 Å². The van der Waals surface area contributed by atoms with Crippen molar-refractivity contribution in [2.45, 2.75) is 17.7 Å². The molecule has 2 aromatic rings. The van der Waals surface area contributed by atoms with Gasteiger partial charge in [-0.05, 0) is 42.3 Å². The number of benzene rings is 2. The SMILES string of the molecule is O=C1CCc2cc(S(=O)(=O)NCCNc3ccc([N+](=O)[O-])cc3)ccc2N1. The van der Waals surface area contributed by atoms with Crippen LogP contribution in [-0.2, 0) is 21.2 Å². The Morgan fingerprint density at radius 1 is 1.07 bits per heavy atom. The van der Waals surface area contributed by atoms with Gasteiger partial charge < -0.3 is 10.6 Å². The van der Waals surface area contributed by atoms with Gasteiger partial charge in [0.25, 0.3) is 5.69 Å². The second kappa shape index (κ2) is 7.72. The first-order chi connectivity index (χ1) is 12.8. The summed E-state index contributed by atoms with van der Waals surface area (Å²) in [6.45, 7) is 0.463. The number of hydrogen-bond donors (Lipinski definition) is 3. The molecular formula is C17H18N4O5S. The number of nitrogens with one attached hydrogen (secondary N) is 3. The number of aryl methyl sites for hydroxylation is 1. The lowest BCUT2D eigenvalue weighted by Crippen LogP contribution is -2.29. The standard InChI is InChI=1S/C17H18N4O5S/c22-17-8-1-12-11-15(6-7-16(12)20-17)27(25,26)19-10-9-18-13-2-4-14(5-3-13)21(23)24/h2-7,11,18-19H,1,8-10H2,(H,20,22). The molecule has 0 saturated heterocycles. The number of amides is 1. The highest BCUT2D eigenvalue weighted by molar-refractivity contribution is 7.89. The van der Waals surface area contributed by atoms with E-state index < -0.39 is 14.9 Å². The lowest BCUT2D eigenvalue weighted by molar-refractivity contribution is -0.384. The number of rotatable bonds is 7. The Morgan fingerprint density at radius 3 is 2.52 bits per heavy atom. The third-order valence-corrected chi connectivity index (χ3v) is 5.57. The first-order valence-corrected chi connectivity index (χ1v) is 9.74. The number of anilines is 2. The number of non-ortho nitro benzene ring substituents is 1. The molecule has 0 spiro atoms. The summed E-state index contributed by atoms with van der Waals surface area (Å²) in [6.07, 6.45) is 0.843. The molecule has 0 fully saturated rings. The molecule has 142 valence electrons. The van der Waals surface area contributed by atoms with Crippen molar-refractivity contribution in [1.29, 1.82) is 0 Å². The van der Waals surface area contributed by atoms with E-state index in [9.17, 15) is 23.3 Å². The van der Waals surface area contributed by atoms with E-state index in [1.54, 1.807) is 24.3 Å². The molecule has 0 aliphatic carbocycles. The Labute approximate surface area is 156 Å². The minimum Gasteiger partial charge on any atom is -0.384 e. The van der Waals surface area contributed by atoms with Gasteiger partial charge in [-0.25, -0.2) is 13.1 Å². The van der Waals surface area contributed by atoms with Crippen LogP contribution in [0.5, 0.6) is 0 Å². The fourth-order valence-corrected chi connectivity index (χ4v) is 3.79. The first-order valence-electron chi connectivity index (χ1n) is 8.26. The van der Waals surface area contributed by atoms with Crippen molar-refractivity contribution in [3.05, 3.63) is 58.1 Å². The minimum atomic E-state index is -3.67. The average Bonchev–Trinajstić information content (AvgIpc) is 2.65. The van der Waals surface area contributed by atoms with Gasteiger partial charge in [0.1, 0.15) is 0 Å². The van der Waals surface area contributed by atoms with Crippen molar-refractivity contribution in [2.75, 3.05) is 23.7 Å². The summed E-state index contributed by atoms with van der Waals surface area (Å²) >= 11 is 0. The number of sulfonamides is 1. The number of nitrogens with zero attached hydrogens (tertiary/aromatic N) is 1. The van der Waals surface area contributed by atoms with E-state index >= 15 is 0 Å². The fourth-order valence-electron chi connectivity index (χ4n) is 2.70. The van der Waals surface area contributed by atoms with Gasteiger partial charge in [-0.15, -0.1) is 0 Å². The Hall–Kier alpha value is -2.98. The summed E-state index contributed by atoms with van der Waals surface area (Å²) in [5, 5.41) is 16.3. The van der Waals surface area contributed by atoms with Crippen LogP contribution in [0.15, 0.2) is 47.4 Å². The largest absolute Gasteiger partial charge is 0.384 e. The van der Waals surface area contributed by atoms with Gasteiger partial charge in [0.2, 0.25) is 15.9 Å². The summed E-state index contributed by atoms with van der Waals surface area (Å²) in [4.78, 5) is 21.6. The van der Waals surface area contributed by atoms with E-state index in [2.05, 4.69) is 15.4 Å². The van der Waals surface area contributed by atoms with Gasteiger partial charge in [0.05, 0.1) is 9.82 Å². The smallest absolute Gasteiger partial charge is 0.269 e. The summed E-state index contributed by atoms with van der Waals surface area (Å²) in [5.74, 6) is -0.0754. The maximum Gasteiger partial charge on any atom is 0.269 e. The fraction of sp³-hybridized carbons (Fsp3) is 0.235. The molecule has 27 heavy (non-hydrogen) atoms. The molecule has 1 aliphatic heterocycles. The molecular weight excluding hydrogens is 372 g/mol. The van der Waals surface area contributed by atoms with Crippen molar-refractivity contribution in [3.8, 4) is 0 Å². The molecule has 1 amide bonds. The molecule has 3 N–H and O–H groups in total. The predicted molar refractivity (Wildman–Crippen MR) is 100 cm³/mol. The van der Waals surface area contributed by atoms with Crippen LogP contribution in [0.2, 0.25) is 0 Å². The third-order valence-electron chi connectivity index (χ3n) is 4.11. The van der Waals surface area contributed by atoms with Crippen molar-refractivity contribution in [1.82, 2.24) is 4.72 Å². The van der Waals surface area contributed by atoms with Gasteiger partial charge >= 0.3 is 0 Å². The molecule has 0 aromatic heterocycles. The molecule has 0 unspecified atom stereocenters. The summed E-state index contributed by atoms with van der Waals surface area (Å²) < 4.78 is 27.3. The quantitative estimate of drug-likeness (QED) is 0.376. The second-order valence-corrected chi connectivity index (χ2v) is 7.76. The molecule has 1 aliphatic rings. The van der Waals surface area contributed by atoms with Crippen LogP contribution in [-0.4, -0.2) is 32.3 Å². The van der Waals surface area contributed by atoms with Gasteiger partial charge in [0.15, 0.2) is 0 Å². The van der Waals surface area contributed by atoms with Crippen LogP contribution in [0.4, 0.5) is 17.1 Å². The zero-order chi connectivity index (χ0) is 19.4. The van der Waals surface area contributed by atoms with Crippen molar-refractivity contribution in [2.24, 2.45) is 0 Å². The van der Waals surface area contributed by atoms with Crippen LogP contribution >= 0.6 is 0 Å². The second-order valence-electron chi connectivity index (χ2n) is 6.00. The van der Waals surface area contributed by atoms with Gasteiger partial charge in [-0.2, -0.15) is 0 Å². The normalized spacial score (nSPS) is 13.6. The number of nitro benzene ring substituents is 1. The summed E-state index contributed by atoms with van der Waals surface area (Å²) in [6, 6.07) is 10.5. The van der Waals surface area contributed by atoms with Crippen molar-refractivity contribution < 1.29 is 18.1 Å². The van der Waals surface area contributed by atoms with Crippen LogP contribution in [0.25, 0.3) is 0 Å². The molecule has 0 saturated carbocycles. The highest BCUT2D eigenvalue weighted by Gasteiger charge is 2.19. The lowest BCUT2D eigenvalue weighted by Gasteiger charge is -2.17. The van der Waals surface area contributed by atoms with E-state index in [4.69, 9.17) is 0 Å². The Balaban J connectivity index is 1.55. The average molecular weight is 390 g/mol. The Morgan fingerprint density at radius 2 is 1.81 bits per heavy atom. The van der Waals surface area contributed by atoms with Crippen LogP contribution in [0.3, 0.4) is 0 Å². The number of carbonyl (C=O) groups excluding carboxylic acids is 1. The Bertz CT molecular complexity index is 973. The Kier molecular flexibility index (Phi) is 5.38. The maximum absolute atomic E-state index is 12.4. The monoisotopic (exact) mass is 390 g/mol. The lowest BCUT2D eigenvalue weighted by atomic mass is 10.0. The number of nitro groups is 1. The van der Waals surface area contributed by atoms with E-state index in [0.29, 0.717) is 30.8 Å². The first kappa shape index (κ1) is 18.8. The molecule has 9 nitrogen and oxygen atoms in total. The summed E-state index contributed by atoms with van der Waals surface area (Å²) in [5.41, 5.74) is 2.08. The van der Waals surface area contributed by atoms with Gasteiger partial charge in [0, 0.05) is 43.0 Å².